The Kier molecular flexibility index (Phi) is 5.20. The van der Waals surface area contributed by atoms with Gasteiger partial charge >= 0.3 is 0 Å². The van der Waals surface area contributed by atoms with Gasteiger partial charge in [-0.3, -0.25) is 9.69 Å². The number of hydrogen-bond acceptors (Lipinski definition) is 4. The number of hydrogen-bond donors (Lipinski definition) is 2. The van der Waals surface area contributed by atoms with Crippen LogP contribution < -0.4 is 16.0 Å². The molecule has 1 aliphatic heterocycles. The molecule has 21 heavy (non-hydrogen) atoms. The molecule has 1 amide bonds. The topological polar surface area (TPSA) is 61.6 Å². The summed E-state index contributed by atoms with van der Waals surface area (Å²) in [5.41, 5.74) is 7.54. The van der Waals surface area contributed by atoms with E-state index in [2.05, 4.69) is 35.0 Å². The lowest BCUT2D eigenvalue weighted by atomic mass is 10.2. The summed E-state index contributed by atoms with van der Waals surface area (Å²) in [6, 6.07) is 8.08. The van der Waals surface area contributed by atoms with Gasteiger partial charge in [0.1, 0.15) is 0 Å². The molecule has 5 heteroatoms. The average molecular weight is 290 g/mol. The van der Waals surface area contributed by atoms with Gasteiger partial charge in [0.05, 0.1) is 6.04 Å². The summed E-state index contributed by atoms with van der Waals surface area (Å²) in [5.74, 6) is -0.156. The SMILES string of the molecule is CC(C)N1CCN(c2cccc(NC(=O)[C@@H](C)N)c2)CC1. The second kappa shape index (κ2) is 6.91. The molecular weight excluding hydrogens is 264 g/mol. The summed E-state index contributed by atoms with van der Waals surface area (Å²) in [4.78, 5) is 16.5. The first-order valence-corrected chi connectivity index (χ1v) is 7.63. The van der Waals surface area contributed by atoms with Crippen molar-refractivity contribution in [2.24, 2.45) is 5.73 Å². The second-order valence-electron chi connectivity index (χ2n) is 5.95. The van der Waals surface area contributed by atoms with Crippen LogP contribution in [0.25, 0.3) is 0 Å². The predicted molar refractivity (Wildman–Crippen MR) is 87.6 cm³/mol. The fourth-order valence-electron chi connectivity index (χ4n) is 2.53. The Bertz CT molecular complexity index is 479. The number of nitrogens with two attached hydrogens (primary N) is 1. The van der Waals surface area contributed by atoms with Crippen LogP contribution in [0.5, 0.6) is 0 Å². The fraction of sp³-hybridized carbons (Fsp3) is 0.562. The summed E-state index contributed by atoms with van der Waals surface area (Å²) in [5, 5.41) is 2.85. The molecule has 0 bridgehead atoms. The molecule has 1 heterocycles. The molecule has 0 saturated carbocycles. The highest BCUT2D eigenvalue weighted by molar-refractivity contribution is 5.94. The number of carbonyl (C=O) groups is 1. The molecule has 0 spiro atoms. The molecule has 2 rings (SSSR count). The third-order valence-electron chi connectivity index (χ3n) is 3.94. The number of benzene rings is 1. The highest BCUT2D eigenvalue weighted by Gasteiger charge is 2.19. The molecule has 1 atom stereocenters. The van der Waals surface area contributed by atoms with E-state index < -0.39 is 6.04 Å². The van der Waals surface area contributed by atoms with Crippen LogP contribution in [0.1, 0.15) is 20.8 Å². The van der Waals surface area contributed by atoms with E-state index in [-0.39, 0.29) is 5.91 Å². The van der Waals surface area contributed by atoms with Gasteiger partial charge in [0.25, 0.3) is 0 Å². The molecule has 1 saturated heterocycles. The maximum absolute atomic E-state index is 11.7. The van der Waals surface area contributed by atoms with Gasteiger partial charge in [-0.1, -0.05) is 6.07 Å². The van der Waals surface area contributed by atoms with Crippen LogP contribution in [-0.2, 0) is 4.79 Å². The lowest BCUT2D eigenvalue weighted by Gasteiger charge is -2.38. The van der Waals surface area contributed by atoms with Crippen molar-refractivity contribution in [2.75, 3.05) is 36.4 Å². The Morgan fingerprint density at radius 1 is 1.19 bits per heavy atom. The Labute approximate surface area is 127 Å². The highest BCUT2D eigenvalue weighted by Crippen LogP contribution is 2.21. The maximum atomic E-state index is 11.7. The molecule has 1 aromatic rings. The molecular formula is C16H26N4O. The molecule has 5 nitrogen and oxygen atoms in total. The van der Waals surface area contributed by atoms with Crippen molar-refractivity contribution < 1.29 is 4.79 Å². The molecule has 0 radical (unpaired) electrons. The van der Waals surface area contributed by atoms with Crippen molar-refractivity contribution in [3.05, 3.63) is 24.3 Å². The number of piperazine rings is 1. The van der Waals surface area contributed by atoms with Crippen LogP contribution in [0.2, 0.25) is 0 Å². The number of rotatable bonds is 4. The lowest BCUT2D eigenvalue weighted by Crippen LogP contribution is -2.48. The number of nitrogens with one attached hydrogen (secondary N) is 1. The minimum Gasteiger partial charge on any atom is -0.369 e. The van der Waals surface area contributed by atoms with E-state index in [9.17, 15) is 4.79 Å². The zero-order valence-electron chi connectivity index (χ0n) is 13.2. The van der Waals surface area contributed by atoms with E-state index in [1.165, 1.54) is 0 Å². The zero-order valence-corrected chi connectivity index (χ0v) is 13.2. The van der Waals surface area contributed by atoms with Gasteiger partial charge < -0.3 is 16.0 Å². The smallest absolute Gasteiger partial charge is 0.240 e. The Hall–Kier alpha value is -1.59. The molecule has 3 N–H and O–H groups in total. The standard InChI is InChI=1S/C16H26N4O/c1-12(2)19-7-9-20(10-8-19)15-6-4-5-14(11-15)18-16(21)13(3)17/h4-6,11-13H,7-10,17H2,1-3H3,(H,18,21)/t13-/m1/s1. The summed E-state index contributed by atoms with van der Waals surface area (Å²) in [6.07, 6.45) is 0. The van der Waals surface area contributed by atoms with Crippen LogP contribution in [0.3, 0.4) is 0 Å². The summed E-state index contributed by atoms with van der Waals surface area (Å²) in [6.45, 7) is 10.3. The third-order valence-corrected chi connectivity index (χ3v) is 3.94. The first-order valence-electron chi connectivity index (χ1n) is 7.63. The average Bonchev–Trinajstić information content (AvgIpc) is 2.47. The maximum Gasteiger partial charge on any atom is 0.240 e. The molecule has 1 fully saturated rings. The number of amides is 1. The molecule has 0 aliphatic carbocycles. The summed E-state index contributed by atoms with van der Waals surface area (Å²) < 4.78 is 0. The van der Waals surface area contributed by atoms with Gasteiger partial charge in [0.15, 0.2) is 0 Å². The minimum atomic E-state index is -0.497. The van der Waals surface area contributed by atoms with Gasteiger partial charge in [0.2, 0.25) is 5.91 Å². The van der Waals surface area contributed by atoms with Crippen molar-refractivity contribution in [1.29, 1.82) is 0 Å². The largest absolute Gasteiger partial charge is 0.369 e. The normalized spacial score (nSPS) is 17.9. The number of carbonyl (C=O) groups excluding carboxylic acids is 1. The van der Waals surface area contributed by atoms with Gasteiger partial charge in [-0.15, -0.1) is 0 Å². The molecule has 1 aromatic carbocycles. The third kappa shape index (κ3) is 4.19. The lowest BCUT2D eigenvalue weighted by molar-refractivity contribution is -0.117. The van der Waals surface area contributed by atoms with E-state index in [0.29, 0.717) is 6.04 Å². The van der Waals surface area contributed by atoms with Crippen LogP contribution in [0.15, 0.2) is 24.3 Å². The molecule has 0 unspecified atom stereocenters. The first kappa shape index (κ1) is 15.8. The predicted octanol–water partition coefficient (Wildman–Crippen LogP) is 1.50. The van der Waals surface area contributed by atoms with E-state index in [4.69, 9.17) is 5.73 Å². The van der Waals surface area contributed by atoms with Gasteiger partial charge in [0, 0.05) is 43.6 Å². The Morgan fingerprint density at radius 3 is 2.43 bits per heavy atom. The van der Waals surface area contributed by atoms with Crippen LogP contribution in [-0.4, -0.2) is 49.1 Å². The second-order valence-corrected chi connectivity index (χ2v) is 5.95. The van der Waals surface area contributed by atoms with E-state index >= 15 is 0 Å². The van der Waals surface area contributed by atoms with E-state index in [1.807, 2.05) is 18.2 Å². The van der Waals surface area contributed by atoms with Crippen molar-refractivity contribution in [2.45, 2.75) is 32.9 Å². The Morgan fingerprint density at radius 2 is 1.86 bits per heavy atom. The monoisotopic (exact) mass is 290 g/mol. The van der Waals surface area contributed by atoms with Crippen LogP contribution in [0.4, 0.5) is 11.4 Å². The van der Waals surface area contributed by atoms with Gasteiger partial charge in [-0.25, -0.2) is 0 Å². The van der Waals surface area contributed by atoms with E-state index in [0.717, 1.165) is 37.6 Å². The molecule has 116 valence electrons. The fourth-order valence-corrected chi connectivity index (χ4v) is 2.53. The summed E-state index contributed by atoms with van der Waals surface area (Å²) in [7, 11) is 0. The van der Waals surface area contributed by atoms with Crippen molar-refractivity contribution in [3.8, 4) is 0 Å². The number of anilines is 2. The van der Waals surface area contributed by atoms with Crippen molar-refractivity contribution in [3.63, 3.8) is 0 Å². The number of nitrogens with zero attached hydrogens (tertiary/aromatic N) is 2. The van der Waals surface area contributed by atoms with Crippen LogP contribution in [0, 0.1) is 0 Å². The molecule has 0 aromatic heterocycles. The Balaban J connectivity index is 2.00. The zero-order chi connectivity index (χ0) is 15.4. The van der Waals surface area contributed by atoms with E-state index in [1.54, 1.807) is 6.92 Å². The summed E-state index contributed by atoms with van der Waals surface area (Å²) >= 11 is 0. The first-order chi connectivity index (χ1) is 9.97. The van der Waals surface area contributed by atoms with Crippen molar-refractivity contribution >= 4 is 17.3 Å². The quantitative estimate of drug-likeness (QED) is 0.882. The van der Waals surface area contributed by atoms with Crippen molar-refractivity contribution in [1.82, 2.24) is 4.90 Å². The van der Waals surface area contributed by atoms with Gasteiger partial charge in [-0.05, 0) is 39.0 Å². The van der Waals surface area contributed by atoms with Crippen LogP contribution >= 0.6 is 0 Å². The van der Waals surface area contributed by atoms with Gasteiger partial charge in [-0.2, -0.15) is 0 Å². The molecule has 1 aliphatic rings. The highest BCUT2D eigenvalue weighted by atomic mass is 16.2. The minimum absolute atomic E-state index is 0.156.